The first-order valence-electron chi connectivity index (χ1n) is 10.9. The van der Waals surface area contributed by atoms with Gasteiger partial charge in [-0.25, -0.2) is 0 Å². The van der Waals surface area contributed by atoms with Crippen molar-refractivity contribution in [2.24, 2.45) is 11.8 Å². The van der Waals surface area contributed by atoms with Gasteiger partial charge in [-0.15, -0.1) is 0 Å². The molecule has 0 amide bonds. The summed E-state index contributed by atoms with van der Waals surface area (Å²) in [5.41, 5.74) is 2.83. The summed E-state index contributed by atoms with van der Waals surface area (Å²) in [6.07, 6.45) is 6.99. The fourth-order valence-electron chi connectivity index (χ4n) is 7.11. The number of piperidine rings is 1. The Hall–Kier alpha value is -1.30. The molecular formula is C23H31NO4. The SMILES string of the molecule is COc1ccc2c3c1O[C@@H]1C(OC)(OC)CC[C@@H]4[C@H](C2)N(CC2CC2)CC[C@]341. The summed E-state index contributed by atoms with van der Waals surface area (Å²) in [6.45, 7) is 2.43. The van der Waals surface area contributed by atoms with Crippen LogP contribution in [0.4, 0.5) is 0 Å². The number of hydrogen-bond donors (Lipinski definition) is 0. The third kappa shape index (κ3) is 2.03. The van der Waals surface area contributed by atoms with Crippen molar-refractivity contribution in [1.82, 2.24) is 4.90 Å². The summed E-state index contributed by atoms with van der Waals surface area (Å²) in [5.74, 6) is 2.64. The zero-order chi connectivity index (χ0) is 19.1. The van der Waals surface area contributed by atoms with Crippen molar-refractivity contribution >= 4 is 0 Å². The van der Waals surface area contributed by atoms with Gasteiger partial charge in [-0.05, 0) is 62.1 Å². The van der Waals surface area contributed by atoms with Gasteiger partial charge < -0.3 is 18.9 Å². The third-order valence-electron chi connectivity index (χ3n) is 8.52. The maximum absolute atomic E-state index is 6.73. The van der Waals surface area contributed by atoms with E-state index in [9.17, 15) is 0 Å². The molecule has 5 aliphatic rings. The van der Waals surface area contributed by atoms with Crippen molar-refractivity contribution in [3.05, 3.63) is 23.3 Å². The molecule has 0 unspecified atom stereocenters. The second-order valence-electron chi connectivity index (χ2n) is 9.49. The molecule has 2 saturated carbocycles. The van der Waals surface area contributed by atoms with Crippen LogP contribution in [0.5, 0.6) is 11.5 Å². The highest BCUT2D eigenvalue weighted by atomic mass is 16.7. The molecule has 2 heterocycles. The number of nitrogens with zero attached hydrogens (tertiary/aromatic N) is 1. The van der Waals surface area contributed by atoms with Crippen LogP contribution < -0.4 is 9.47 Å². The Morgan fingerprint density at radius 3 is 2.64 bits per heavy atom. The monoisotopic (exact) mass is 385 g/mol. The predicted molar refractivity (Wildman–Crippen MR) is 105 cm³/mol. The molecule has 4 atom stereocenters. The number of benzene rings is 1. The van der Waals surface area contributed by atoms with Crippen LogP contribution in [-0.2, 0) is 21.3 Å². The molecule has 3 fully saturated rings. The topological polar surface area (TPSA) is 40.2 Å². The normalized spacial score (nSPS) is 37.3. The first-order chi connectivity index (χ1) is 13.7. The van der Waals surface area contributed by atoms with E-state index in [1.807, 2.05) is 0 Å². The highest BCUT2D eigenvalue weighted by Crippen LogP contribution is 2.66. The van der Waals surface area contributed by atoms with Crippen molar-refractivity contribution in [2.45, 2.75) is 61.9 Å². The van der Waals surface area contributed by atoms with Crippen molar-refractivity contribution in [2.75, 3.05) is 34.4 Å². The van der Waals surface area contributed by atoms with Gasteiger partial charge in [-0.1, -0.05) is 6.07 Å². The zero-order valence-corrected chi connectivity index (χ0v) is 17.2. The first-order valence-corrected chi connectivity index (χ1v) is 10.9. The lowest BCUT2D eigenvalue weighted by Crippen LogP contribution is -2.71. The molecule has 3 aliphatic carbocycles. The highest BCUT2D eigenvalue weighted by molar-refractivity contribution is 5.61. The molecule has 1 aromatic carbocycles. The van der Waals surface area contributed by atoms with E-state index in [-0.39, 0.29) is 11.5 Å². The second kappa shape index (κ2) is 5.87. The minimum Gasteiger partial charge on any atom is -0.493 e. The van der Waals surface area contributed by atoms with E-state index in [1.54, 1.807) is 21.3 Å². The molecule has 1 saturated heterocycles. The van der Waals surface area contributed by atoms with Crippen molar-refractivity contribution in [3.63, 3.8) is 0 Å². The Labute approximate surface area is 167 Å². The quantitative estimate of drug-likeness (QED) is 0.729. The smallest absolute Gasteiger partial charge is 0.206 e. The fourth-order valence-corrected chi connectivity index (χ4v) is 7.11. The van der Waals surface area contributed by atoms with Gasteiger partial charge in [0.15, 0.2) is 17.6 Å². The summed E-state index contributed by atoms with van der Waals surface area (Å²) in [7, 11) is 5.28. The predicted octanol–water partition coefficient (Wildman–Crippen LogP) is 3.13. The van der Waals surface area contributed by atoms with E-state index in [0.717, 1.165) is 49.6 Å². The zero-order valence-electron chi connectivity index (χ0n) is 17.2. The number of rotatable bonds is 5. The fraction of sp³-hybridized carbons (Fsp3) is 0.739. The van der Waals surface area contributed by atoms with Gasteiger partial charge in [0.05, 0.1) is 7.11 Å². The number of ether oxygens (including phenoxy) is 4. The summed E-state index contributed by atoms with van der Waals surface area (Å²) < 4.78 is 24.5. The summed E-state index contributed by atoms with van der Waals surface area (Å²) >= 11 is 0. The Bertz CT molecular complexity index is 802. The summed E-state index contributed by atoms with van der Waals surface area (Å²) in [4.78, 5) is 2.81. The van der Waals surface area contributed by atoms with Crippen LogP contribution >= 0.6 is 0 Å². The molecule has 152 valence electrons. The van der Waals surface area contributed by atoms with Gasteiger partial charge >= 0.3 is 0 Å². The molecule has 2 bridgehead atoms. The maximum atomic E-state index is 6.73. The van der Waals surface area contributed by atoms with E-state index < -0.39 is 5.79 Å². The van der Waals surface area contributed by atoms with E-state index in [2.05, 4.69) is 17.0 Å². The van der Waals surface area contributed by atoms with Crippen LogP contribution in [0.25, 0.3) is 0 Å². The van der Waals surface area contributed by atoms with E-state index in [4.69, 9.17) is 18.9 Å². The molecule has 28 heavy (non-hydrogen) atoms. The molecule has 2 aliphatic heterocycles. The number of likely N-dealkylation sites (tertiary alicyclic amines) is 1. The van der Waals surface area contributed by atoms with Crippen LogP contribution in [-0.4, -0.2) is 57.3 Å². The van der Waals surface area contributed by atoms with Crippen LogP contribution in [0.3, 0.4) is 0 Å². The van der Waals surface area contributed by atoms with Crippen LogP contribution in [0.2, 0.25) is 0 Å². The van der Waals surface area contributed by atoms with Gasteiger partial charge in [0.25, 0.3) is 0 Å². The van der Waals surface area contributed by atoms with Crippen LogP contribution in [0.1, 0.15) is 43.2 Å². The van der Waals surface area contributed by atoms with Gasteiger partial charge in [0.1, 0.15) is 0 Å². The lowest BCUT2D eigenvalue weighted by molar-refractivity contribution is -0.292. The van der Waals surface area contributed by atoms with Crippen molar-refractivity contribution in [1.29, 1.82) is 0 Å². The maximum Gasteiger partial charge on any atom is 0.206 e. The van der Waals surface area contributed by atoms with Gasteiger partial charge in [-0.3, -0.25) is 4.90 Å². The molecule has 5 heteroatoms. The van der Waals surface area contributed by atoms with E-state index in [0.29, 0.717) is 12.0 Å². The van der Waals surface area contributed by atoms with Crippen LogP contribution in [0.15, 0.2) is 12.1 Å². The summed E-state index contributed by atoms with van der Waals surface area (Å²) in [5, 5.41) is 0. The standard InChI is InChI=1S/C23H31NO4/c1-25-18-7-6-15-12-17-16-8-9-23(26-2,27-3)21-22(16,19(15)20(18)28-21)10-11-24(17)13-14-4-5-14/h6-7,14,16-17,21H,4-5,8-13H2,1-3H3/t16-,17+,21+,22-/m1/s1. The largest absolute Gasteiger partial charge is 0.493 e. The number of methoxy groups -OCH3 is 3. The molecule has 0 radical (unpaired) electrons. The molecule has 1 spiro atoms. The van der Waals surface area contributed by atoms with Crippen molar-refractivity contribution in [3.8, 4) is 11.5 Å². The molecular weight excluding hydrogens is 354 g/mol. The summed E-state index contributed by atoms with van der Waals surface area (Å²) in [6, 6.07) is 4.98. The van der Waals surface area contributed by atoms with Crippen molar-refractivity contribution < 1.29 is 18.9 Å². The Morgan fingerprint density at radius 1 is 1.11 bits per heavy atom. The molecule has 5 nitrogen and oxygen atoms in total. The van der Waals surface area contributed by atoms with E-state index in [1.165, 1.54) is 30.5 Å². The second-order valence-corrected chi connectivity index (χ2v) is 9.49. The minimum atomic E-state index is -0.682. The average Bonchev–Trinajstić information content (AvgIpc) is 3.47. The van der Waals surface area contributed by atoms with E-state index >= 15 is 0 Å². The lowest BCUT2D eigenvalue weighted by atomic mass is 9.50. The Kier molecular flexibility index (Phi) is 3.68. The molecule has 6 rings (SSSR count). The van der Waals surface area contributed by atoms with Crippen LogP contribution in [0, 0.1) is 11.8 Å². The third-order valence-corrected chi connectivity index (χ3v) is 8.52. The Balaban J connectivity index is 1.53. The molecule has 0 aromatic heterocycles. The van der Waals surface area contributed by atoms with Gasteiger partial charge in [0, 0.05) is 44.2 Å². The average molecular weight is 386 g/mol. The van der Waals surface area contributed by atoms with Gasteiger partial charge in [-0.2, -0.15) is 0 Å². The molecule has 0 N–H and O–H groups in total. The lowest BCUT2D eigenvalue weighted by Gasteiger charge is -2.61. The Morgan fingerprint density at radius 2 is 1.93 bits per heavy atom. The first kappa shape index (κ1) is 17.5. The molecule has 1 aromatic rings. The van der Waals surface area contributed by atoms with Gasteiger partial charge in [0.2, 0.25) is 5.79 Å². The minimum absolute atomic E-state index is 0.0214. The highest BCUT2D eigenvalue weighted by Gasteiger charge is 2.70. The number of hydrogen-bond acceptors (Lipinski definition) is 5.